The number of benzene rings is 1. The Bertz CT molecular complexity index is 1000. The molecular formula is C21H27N3O4S. The number of furan rings is 1. The first-order valence-electron chi connectivity index (χ1n) is 9.99. The first-order valence-corrected chi connectivity index (χ1v) is 11.9. The summed E-state index contributed by atoms with van der Waals surface area (Å²) >= 11 is 0. The topological polar surface area (TPSA) is 82.9 Å². The number of piperidine rings is 1. The lowest BCUT2D eigenvalue weighted by molar-refractivity contribution is 0.0700. The molecule has 2 unspecified atom stereocenters. The minimum Gasteiger partial charge on any atom is -0.467 e. The van der Waals surface area contributed by atoms with Crippen molar-refractivity contribution in [1.82, 2.24) is 9.62 Å². The Balaban J connectivity index is 1.50. The zero-order valence-electron chi connectivity index (χ0n) is 16.8. The van der Waals surface area contributed by atoms with Gasteiger partial charge in [-0.15, -0.1) is 0 Å². The van der Waals surface area contributed by atoms with Crippen LogP contribution < -0.4 is 9.62 Å². The van der Waals surface area contributed by atoms with Gasteiger partial charge in [0, 0.05) is 30.9 Å². The van der Waals surface area contributed by atoms with Crippen LogP contribution in [-0.4, -0.2) is 50.7 Å². The molecule has 0 bridgehead atoms. The number of nitrogens with one attached hydrogen (secondary N) is 1. The highest BCUT2D eigenvalue weighted by molar-refractivity contribution is 7.88. The third-order valence-electron chi connectivity index (χ3n) is 5.73. The zero-order valence-corrected chi connectivity index (χ0v) is 17.6. The van der Waals surface area contributed by atoms with Crippen LogP contribution in [0.15, 0.2) is 41.0 Å². The lowest BCUT2D eigenvalue weighted by Crippen LogP contribution is -2.49. The minimum atomic E-state index is -3.30. The summed E-state index contributed by atoms with van der Waals surface area (Å²) in [4.78, 5) is 17.2. The predicted octanol–water partition coefficient (Wildman–Crippen LogP) is 2.38. The van der Waals surface area contributed by atoms with E-state index in [4.69, 9.17) is 4.42 Å². The molecule has 1 saturated heterocycles. The van der Waals surface area contributed by atoms with Crippen LogP contribution in [0.1, 0.15) is 41.4 Å². The molecule has 1 amide bonds. The number of nitrogens with zero attached hydrogens (tertiary/aromatic N) is 2. The van der Waals surface area contributed by atoms with E-state index in [9.17, 15) is 13.2 Å². The fourth-order valence-corrected chi connectivity index (χ4v) is 5.21. The molecule has 156 valence electrons. The number of para-hydroxylation sites is 1. The molecule has 29 heavy (non-hydrogen) atoms. The van der Waals surface area contributed by atoms with Crippen LogP contribution in [0.2, 0.25) is 0 Å². The van der Waals surface area contributed by atoms with Gasteiger partial charge in [-0.1, -0.05) is 18.2 Å². The van der Waals surface area contributed by atoms with Crippen molar-refractivity contribution in [2.45, 2.75) is 44.8 Å². The van der Waals surface area contributed by atoms with Crippen molar-refractivity contribution in [2.24, 2.45) is 0 Å². The molecule has 0 radical (unpaired) electrons. The highest BCUT2D eigenvalue weighted by Gasteiger charge is 2.31. The van der Waals surface area contributed by atoms with Crippen molar-refractivity contribution >= 4 is 21.6 Å². The number of rotatable bonds is 5. The van der Waals surface area contributed by atoms with E-state index in [0.29, 0.717) is 37.0 Å². The smallest absolute Gasteiger partial charge is 0.257 e. The zero-order chi connectivity index (χ0) is 20.6. The van der Waals surface area contributed by atoms with Crippen LogP contribution in [0.5, 0.6) is 0 Å². The molecule has 2 aliphatic heterocycles. The van der Waals surface area contributed by atoms with Crippen molar-refractivity contribution in [1.29, 1.82) is 0 Å². The van der Waals surface area contributed by atoms with Crippen molar-refractivity contribution in [2.75, 3.05) is 24.2 Å². The molecule has 1 aromatic carbocycles. The van der Waals surface area contributed by atoms with Crippen molar-refractivity contribution < 1.29 is 17.6 Å². The van der Waals surface area contributed by atoms with Gasteiger partial charge >= 0.3 is 0 Å². The maximum atomic E-state index is 13.2. The summed E-state index contributed by atoms with van der Waals surface area (Å²) in [6.07, 6.45) is 5.19. The second kappa shape index (κ2) is 7.84. The number of anilines is 1. The summed E-state index contributed by atoms with van der Waals surface area (Å²) in [7, 11) is -3.30. The summed E-state index contributed by atoms with van der Waals surface area (Å²) in [5.74, 6) is 0.547. The van der Waals surface area contributed by atoms with E-state index in [2.05, 4.69) is 28.7 Å². The maximum Gasteiger partial charge on any atom is 0.257 e. The van der Waals surface area contributed by atoms with Gasteiger partial charge in [0.1, 0.15) is 5.76 Å². The molecule has 2 aliphatic rings. The van der Waals surface area contributed by atoms with E-state index in [1.807, 2.05) is 12.1 Å². The SMILES string of the molecule is CC1Cc2ccccc2N1Cc1occc1C(=O)N1CCCC(NS(C)(=O)=O)C1. The van der Waals surface area contributed by atoms with Crippen LogP contribution in [0.25, 0.3) is 0 Å². The summed E-state index contributed by atoms with van der Waals surface area (Å²) in [5, 5.41) is 0. The molecule has 3 heterocycles. The van der Waals surface area contributed by atoms with Gasteiger partial charge in [-0.3, -0.25) is 4.79 Å². The summed E-state index contributed by atoms with van der Waals surface area (Å²) in [5.41, 5.74) is 3.05. The second-order valence-electron chi connectivity index (χ2n) is 8.05. The molecule has 0 aliphatic carbocycles. The van der Waals surface area contributed by atoms with Crippen molar-refractivity contribution in [3.8, 4) is 0 Å². The first kappa shape index (κ1) is 20.0. The summed E-state index contributed by atoms with van der Waals surface area (Å²) in [6.45, 7) is 3.70. The largest absolute Gasteiger partial charge is 0.467 e. The standard InChI is InChI=1S/C21H27N3O4S/c1-15-12-16-6-3-4-8-19(16)24(15)14-20-18(9-11-28-20)21(25)23-10-5-7-17(13-23)22-29(2,26)27/h3-4,6,8-9,11,15,17,22H,5,7,10,12-14H2,1-2H3. The van der Waals surface area contributed by atoms with Crippen molar-refractivity contribution in [3.05, 3.63) is 53.5 Å². The monoisotopic (exact) mass is 417 g/mol. The molecule has 0 saturated carbocycles. The highest BCUT2D eigenvalue weighted by atomic mass is 32.2. The normalized spacial score (nSPS) is 22.0. The first-order chi connectivity index (χ1) is 13.8. The van der Waals surface area contributed by atoms with Crippen LogP contribution in [0.3, 0.4) is 0 Å². The van der Waals surface area contributed by atoms with Gasteiger partial charge in [0.2, 0.25) is 10.0 Å². The summed E-state index contributed by atoms with van der Waals surface area (Å²) in [6, 6.07) is 10.1. The molecule has 0 spiro atoms. The number of likely N-dealkylation sites (tertiary alicyclic amines) is 1. The van der Waals surface area contributed by atoms with E-state index < -0.39 is 10.0 Å². The second-order valence-corrected chi connectivity index (χ2v) is 9.83. The molecule has 4 rings (SSSR count). The Morgan fingerprint density at radius 1 is 1.28 bits per heavy atom. The van der Waals surface area contributed by atoms with Crippen LogP contribution in [-0.2, 0) is 23.0 Å². The average Bonchev–Trinajstić information content (AvgIpc) is 3.25. The van der Waals surface area contributed by atoms with Gasteiger partial charge in [-0.2, -0.15) is 0 Å². The van der Waals surface area contributed by atoms with E-state index in [1.54, 1.807) is 17.2 Å². The number of carbonyl (C=O) groups excluding carboxylic acids is 1. The lowest BCUT2D eigenvalue weighted by atomic mass is 10.1. The molecule has 1 N–H and O–H groups in total. The predicted molar refractivity (Wildman–Crippen MR) is 111 cm³/mol. The molecule has 1 aromatic heterocycles. The molecule has 8 heteroatoms. The molecule has 1 fully saturated rings. The number of hydrogen-bond donors (Lipinski definition) is 1. The number of fused-ring (bicyclic) bond motifs is 1. The van der Waals surface area contributed by atoms with E-state index in [1.165, 1.54) is 11.3 Å². The number of carbonyl (C=O) groups is 1. The summed E-state index contributed by atoms with van der Waals surface area (Å²) < 4.78 is 31.4. The van der Waals surface area contributed by atoms with Crippen LogP contribution in [0, 0.1) is 0 Å². The fraction of sp³-hybridized carbons (Fsp3) is 0.476. The van der Waals surface area contributed by atoms with Gasteiger partial charge in [0.15, 0.2) is 0 Å². The minimum absolute atomic E-state index is 0.103. The Kier molecular flexibility index (Phi) is 5.40. The highest BCUT2D eigenvalue weighted by Crippen LogP contribution is 2.33. The number of hydrogen-bond acceptors (Lipinski definition) is 5. The van der Waals surface area contributed by atoms with Gasteiger partial charge in [0.25, 0.3) is 5.91 Å². The third-order valence-corrected chi connectivity index (χ3v) is 6.49. The average molecular weight is 418 g/mol. The number of sulfonamides is 1. The molecular weight excluding hydrogens is 390 g/mol. The van der Waals surface area contributed by atoms with Crippen molar-refractivity contribution in [3.63, 3.8) is 0 Å². The fourth-order valence-electron chi connectivity index (χ4n) is 4.41. The Hall–Kier alpha value is -2.32. The third kappa shape index (κ3) is 4.33. The Morgan fingerprint density at radius 3 is 2.86 bits per heavy atom. The van der Waals surface area contributed by atoms with Gasteiger partial charge in [0.05, 0.1) is 24.6 Å². The van der Waals surface area contributed by atoms with E-state index in [0.717, 1.165) is 25.5 Å². The van der Waals surface area contributed by atoms with E-state index in [-0.39, 0.29) is 11.9 Å². The quantitative estimate of drug-likeness (QED) is 0.808. The lowest BCUT2D eigenvalue weighted by Gasteiger charge is -2.33. The van der Waals surface area contributed by atoms with Crippen LogP contribution in [0.4, 0.5) is 5.69 Å². The van der Waals surface area contributed by atoms with Gasteiger partial charge < -0.3 is 14.2 Å². The van der Waals surface area contributed by atoms with Gasteiger partial charge in [-0.25, -0.2) is 13.1 Å². The molecule has 7 nitrogen and oxygen atoms in total. The molecule has 2 aromatic rings. The Labute approximate surface area is 171 Å². The number of amides is 1. The maximum absolute atomic E-state index is 13.2. The van der Waals surface area contributed by atoms with Gasteiger partial charge in [-0.05, 0) is 43.9 Å². The Morgan fingerprint density at radius 2 is 2.07 bits per heavy atom. The molecule has 2 atom stereocenters. The van der Waals surface area contributed by atoms with Crippen LogP contribution >= 0.6 is 0 Å². The van der Waals surface area contributed by atoms with E-state index >= 15 is 0 Å².